The SMILES string of the molecule is Cc1nc(C(F)(F)F)ccc1C(=O)Nc1cccc(C(=O)Nc2cccc(C(F)(F)F)c2)c1. The first-order chi connectivity index (χ1) is 15.3. The molecule has 0 aliphatic heterocycles. The van der Waals surface area contributed by atoms with Gasteiger partial charge in [0, 0.05) is 16.9 Å². The Morgan fingerprint density at radius 2 is 1.36 bits per heavy atom. The number of carbonyl (C=O) groups is 2. The van der Waals surface area contributed by atoms with Crippen LogP contribution < -0.4 is 10.6 Å². The number of anilines is 2. The number of aryl methyl sites for hydroxylation is 1. The van der Waals surface area contributed by atoms with Crippen LogP contribution in [0.25, 0.3) is 0 Å². The van der Waals surface area contributed by atoms with Gasteiger partial charge in [0.1, 0.15) is 5.69 Å². The molecule has 33 heavy (non-hydrogen) atoms. The molecule has 172 valence electrons. The van der Waals surface area contributed by atoms with Crippen LogP contribution in [0, 0.1) is 6.92 Å². The Bertz CT molecular complexity index is 1210. The molecule has 0 atom stereocenters. The minimum absolute atomic E-state index is 0.0347. The summed E-state index contributed by atoms with van der Waals surface area (Å²) in [6, 6.07) is 11.3. The number of hydrogen-bond acceptors (Lipinski definition) is 3. The molecular formula is C22H15F6N3O2. The summed E-state index contributed by atoms with van der Waals surface area (Å²) in [7, 11) is 0. The maximum Gasteiger partial charge on any atom is 0.433 e. The van der Waals surface area contributed by atoms with E-state index < -0.39 is 35.4 Å². The summed E-state index contributed by atoms with van der Waals surface area (Å²) in [5, 5.41) is 4.80. The smallest absolute Gasteiger partial charge is 0.322 e. The zero-order chi connectivity index (χ0) is 24.4. The third-order valence-corrected chi connectivity index (χ3v) is 4.45. The molecule has 3 aromatic rings. The maximum absolute atomic E-state index is 12.8. The highest BCUT2D eigenvalue weighted by molar-refractivity contribution is 6.07. The second-order valence-electron chi connectivity index (χ2n) is 6.89. The van der Waals surface area contributed by atoms with Crippen molar-refractivity contribution >= 4 is 23.2 Å². The zero-order valence-corrected chi connectivity index (χ0v) is 16.8. The summed E-state index contributed by atoms with van der Waals surface area (Å²) in [4.78, 5) is 28.3. The third-order valence-electron chi connectivity index (χ3n) is 4.45. The van der Waals surface area contributed by atoms with Crippen LogP contribution in [0.4, 0.5) is 37.7 Å². The van der Waals surface area contributed by atoms with Gasteiger partial charge in [-0.2, -0.15) is 26.3 Å². The summed E-state index contributed by atoms with van der Waals surface area (Å²) >= 11 is 0. The normalized spacial score (nSPS) is 11.7. The molecular weight excluding hydrogens is 452 g/mol. The van der Waals surface area contributed by atoms with Crippen LogP contribution >= 0.6 is 0 Å². The minimum Gasteiger partial charge on any atom is -0.322 e. The number of amides is 2. The Labute approximate surface area is 183 Å². The second-order valence-corrected chi connectivity index (χ2v) is 6.89. The fourth-order valence-corrected chi connectivity index (χ4v) is 2.87. The highest BCUT2D eigenvalue weighted by atomic mass is 19.4. The highest BCUT2D eigenvalue weighted by Crippen LogP contribution is 2.31. The first kappa shape index (κ1) is 23.8. The van der Waals surface area contributed by atoms with E-state index in [1.54, 1.807) is 0 Å². The molecule has 0 unspecified atom stereocenters. The van der Waals surface area contributed by atoms with Gasteiger partial charge >= 0.3 is 12.4 Å². The fourth-order valence-electron chi connectivity index (χ4n) is 2.87. The molecule has 2 aromatic carbocycles. The second kappa shape index (κ2) is 8.93. The van der Waals surface area contributed by atoms with Gasteiger partial charge in [0.15, 0.2) is 0 Å². The van der Waals surface area contributed by atoms with E-state index in [-0.39, 0.29) is 28.2 Å². The van der Waals surface area contributed by atoms with Crippen molar-refractivity contribution < 1.29 is 35.9 Å². The van der Waals surface area contributed by atoms with Gasteiger partial charge in [-0.3, -0.25) is 9.59 Å². The van der Waals surface area contributed by atoms with Crippen LogP contribution in [0.2, 0.25) is 0 Å². The van der Waals surface area contributed by atoms with Crippen LogP contribution in [0.3, 0.4) is 0 Å². The number of nitrogens with one attached hydrogen (secondary N) is 2. The van der Waals surface area contributed by atoms with Gasteiger partial charge in [-0.05, 0) is 55.5 Å². The molecule has 0 spiro atoms. The van der Waals surface area contributed by atoms with Crippen molar-refractivity contribution in [2.24, 2.45) is 0 Å². The number of pyridine rings is 1. The molecule has 0 saturated heterocycles. The topological polar surface area (TPSA) is 71.1 Å². The van der Waals surface area contributed by atoms with Gasteiger partial charge in [-0.15, -0.1) is 0 Å². The van der Waals surface area contributed by atoms with Crippen LogP contribution in [-0.2, 0) is 12.4 Å². The summed E-state index contributed by atoms with van der Waals surface area (Å²) in [5.41, 5.74) is -2.19. The molecule has 0 saturated carbocycles. The number of hydrogen-bond donors (Lipinski definition) is 2. The molecule has 1 heterocycles. The van der Waals surface area contributed by atoms with E-state index in [0.717, 1.165) is 24.3 Å². The van der Waals surface area contributed by atoms with E-state index in [1.165, 1.54) is 37.3 Å². The standard InChI is InChI=1S/C22H15F6N3O2/c1-12-17(8-9-18(29-12)22(26,27)28)20(33)31-15-6-2-4-13(10-15)19(32)30-16-7-3-5-14(11-16)21(23,24)25/h2-11H,1H3,(H,30,32)(H,31,33). The number of rotatable bonds is 4. The molecule has 0 aliphatic carbocycles. The predicted molar refractivity (Wildman–Crippen MR) is 108 cm³/mol. The lowest BCUT2D eigenvalue weighted by Gasteiger charge is -2.12. The average molecular weight is 467 g/mol. The number of alkyl halides is 6. The largest absolute Gasteiger partial charge is 0.433 e. The van der Waals surface area contributed by atoms with Gasteiger partial charge in [0.05, 0.1) is 16.8 Å². The van der Waals surface area contributed by atoms with Crippen molar-refractivity contribution in [2.75, 3.05) is 10.6 Å². The van der Waals surface area contributed by atoms with Crippen LogP contribution in [-0.4, -0.2) is 16.8 Å². The van der Waals surface area contributed by atoms with Gasteiger partial charge in [-0.1, -0.05) is 12.1 Å². The zero-order valence-electron chi connectivity index (χ0n) is 16.8. The van der Waals surface area contributed by atoms with Gasteiger partial charge in [0.2, 0.25) is 0 Å². The van der Waals surface area contributed by atoms with Crippen molar-refractivity contribution in [3.8, 4) is 0 Å². The lowest BCUT2D eigenvalue weighted by Crippen LogP contribution is -2.17. The fraction of sp³-hybridized carbons (Fsp3) is 0.136. The first-order valence-corrected chi connectivity index (χ1v) is 9.29. The van der Waals surface area contributed by atoms with Crippen molar-refractivity contribution in [1.29, 1.82) is 0 Å². The van der Waals surface area contributed by atoms with Crippen molar-refractivity contribution in [3.05, 3.63) is 88.7 Å². The van der Waals surface area contributed by atoms with Gasteiger partial charge < -0.3 is 10.6 Å². The van der Waals surface area contributed by atoms with Gasteiger partial charge in [-0.25, -0.2) is 4.98 Å². The molecule has 0 fully saturated rings. The molecule has 2 N–H and O–H groups in total. The number of aromatic nitrogens is 1. The van der Waals surface area contributed by atoms with E-state index >= 15 is 0 Å². The van der Waals surface area contributed by atoms with Crippen molar-refractivity contribution in [3.63, 3.8) is 0 Å². The van der Waals surface area contributed by atoms with Crippen LogP contribution in [0.1, 0.15) is 37.7 Å². The van der Waals surface area contributed by atoms with Gasteiger partial charge in [0.25, 0.3) is 11.8 Å². The summed E-state index contributed by atoms with van der Waals surface area (Å²) in [6.45, 7) is 1.25. The monoisotopic (exact) mass is 467 g/mol. The quantitative estimate of drug-likeness (QED) is 0.467. The molecule has 3 rings (SSSR count). The molecule has 5 nitrogen and oxygen atoms in total. The lowest BCUT2D eigenvalue weighted by molar-refractivity contribution is -0.141. The summed E-state index contributed by atoms with van der Waals surface area (Å²) in [6.07, 6.45) is -9.22. The van der Waals surface area contributed by atoms with Crippen LogP contribution in [0.5, 0.6) is 0 Å². The highest BCUT2D eigenvalue weighted by Gasteiger charge is 2.33. The molecule has 0 radical (unpaired) electrons. The minimum atomic E-state index is -4.65. The Kier molecular flexibility index (Phi) is 6.43. The van der Waals surface area contributed by atoms with Crippen molar-refractivity contribution in [1.82, 2.24) is 4.98 Å². The van der Waals surface area contributed by atoms with E-state index in [4.69, 9.17) is 0 Å². The Morgan fingerprint density at radius 1 is 0.758 bits per heavy atom. The lowest BCUT2D eigenvalue weighted by atomic mass is 10.1. The number of carbonyl (C=O) groups excluding carboxylic acids is 2. The summed E-state index contributed by atoms with van der Waals surface area (Å²) < 4.78 is 76.8. The predicted octanol–water partition coefficient (Wildman–Crippen LogP) is 5.93. The average Bonchev–Trinajstić information content (AvgIpc) is 2.72. The van der Waals surface area contributed by atoms with E-state index in [2.05, 4.69) is 15.6 Å². The number of nitrogens with zero attached hydrogens (tertiary/aromatic N) is 1. The van der Waals surface area contributed by atoms with E-state index in [0.29, 0.717) is 6.07 Å². The molecule has 11 heteroatoms. The Morgan fingerprint density at radius 3 is 1.97 bits per heavy atom. The summed E-state index contributed by atoms with van der Waals surface area (Å²) in [5.74, 6) is -1.47. The Hall–Kier alpha value is -3.89. The van der Waals surface area contributed by atoms with E-state index in [1.807, 2.05) is 0 Å². The van der Waals surface area contributed by atoms with Crippen LogP contribution in [0.15, 0.2) is 60.7 Å². The van der Waals surface area contributed by atoms with E-state index in [9.17, 15) is 35.9 Å². The Balaban J connectivity index is 1.75. The first-order valence-electron chi connectivity index (χ1n) is 9.29. The molecule has 0 bridgehead atoms. The van der Waals surface area contributed by atoms with Crippen molar-refractivity contribution in [2.45, 2.75) is 19.3 Å². The number of benzene rings is 2. The molecule has 2 amide bonds. The number of halogens is 6. The molecule has 1 aromatic heterocycles. The maximum atomic E-state index is 12.8. The third kappa shape index (κ3) is 5.88. The molecule has 0 aliphatic rings.